The molecule has 0 radical (unpaired) electrons. The number of hydrogen-bond donors (Lipinski definition) is 0. The Kier molecular flexibility index (Phi) is 53.4. The highest BCUT2D eigenvalue weighted by molar-refractivity contribution is 7.45. The highest BCUT2D eigenvalue weighted by Gasteiger charge is 2.22. The Morgan fingerprint density at radius 3 is 1.15 bits per heavy atom. The Bertz CT molecular complexity index is 1590. The molecule has 432 valence electrons. The molecular weight excluding hydrogens is 954 g/mol. The maximum absolute atomic E-state index is 12.8. The lowest BCUT2D eigenvalue weighted by atomic mass is 10.0. The zero-order valence-electron chi connectivity index (χ0n) is 49.0. The van der Waals surface area contributed by atoms with Crippen LogP contribution in [0.5, 0.6) is 0 Å². The summed E-state index contributed by atoms with van der Waals surface area (Å²) in [6.45, 7) is 4.12. The first-order valence-electron chi connectivity index (χ1n) is 30.4. The number of nitrogens with zero attached hydrogens (tertiary/aromatic N) is 1. The zero-order valence-corrected chi connectivity index (χ0v) is 49.9. The van der Waals surface area contributed by atoms with Gasteiger partial charge in [-0.25, -0.2) is 0 Å². The molecule has 0 aromatic carbocycles. The van der Waals surface area contributed by atoms with Gasteiger partial charge in [-0.1, -0.05) is 239 Å². The number of allylic oxidation sites excluding steroid dienone is 16. The second-order valence-corrected chi connectivity index (χ2v) is 22.7. The van der Waals surface area contributed by atoms with Crippen LogP contribution in [0.4, 0.5) is 0 Å². The van der Waals surface area contributed by atoms with Gasteiger partial charge in [0.1, 0.15) is 19.8 Å². The largest absolute Gasteiger partial charge is 0.756 e. The minimum Gasteiger partial charge on any atom is -0.756 e. The molecular formula is C65H114NO8P. The van der Waals surface area contributed by atoms with Gasteiger partial charge < -0.3 is 27.9 Å². The summed E-state index contributed by atoms with van der Waals surface area (Å²) in [5.74, 6) is -0.841. The molecule has 9 nitrogen and oxygen atoms in total. The molecule has 0 spiro atoms. The molecule has 75 heavy (non-hydrogen) atoms. The lowest BCUT2D eigenvalue weighted by Gasteiger charge is -2.28. The number of ether oxygens (including phenoxy) is 2. The summed E-state index contributed by atoms with van der Waals surface area (Å²) in [5, 5.41) is 0. The second kappa shape index (κ2) is 55.7. The molecule has 2 unspecified atom stereocenters. The predicted molar refractivity (Wildman–Crippen MR) is 319 cm³/mol. The van der Waals surface area contributed by atoms with Crippen LogP contribution in [0.3, 0.4) is 0 Å². The minimum absolute atomic E-state index is 0.0355. The van der Waals surface area contributed by atoms with Gasteiger partial charge in [-0.05, 0) is 96.3 Å². The van der Waals surface area contributed by atoms with Crippen LogP contribution in [-0.2, 0) is 32.7 Å². The highest BCUT2D eigenvalue weighted by atomic mass is 31.2. The molecule has 0 N–H and O–H groups in total. The highest BCUT2D eigenvalue weighted by Crippen LogP contribution is 2.38. The van der Waals surface area contributed by atoms with Gasteiger partial charge in [-0.15, -0.1) is 0 Å². The molecule has 0 aromatic heterocycles. The van der Waals surface area contributed by atoms with Crippen molar-refractivity contribution in [2.45, 2.75) is 258 Å². The van der Waals surface area contributed by atoms with E-state index in [1.54, 1.807) is 0 Å². The molecule has 0 aromatic rings. The first-order valence-corrected chi connectivity index (χ1v) is 31.9. The maximum atomic E-state index is 12.8. The Balaban J connectivity index is 4.14. The van der Waals surface area contributed by atoms with E-state index >= 15 is 0 Å². The van der Waals surface area contributed by atoms with E-state index in [4.69, 9.17) is 18.5 Å². The fraction of sp³-hybridized carbons (Fsp3) is 0.723. The van der Waals surface area contributed by atoms with Crippen LogP contribution < -0.4 is 4.89 Å². The van der Waals surface area contributed by atoms with Crippen molar-refractivity contribution in [1.82, 2.24) is 0 Å². The normalized spacial score (nSPS) is 13.9. The van der Waals surface area contributed by atoms with Crippen LogP contribution in [0.2, 0.25) is 0 Å². The van der Waals surface area contributed by atoms with Gasteiger partial charge in [0.2, 0.25) is 0 Å². The summed E-state index contributed by atoms with van der Waals surface area (Å²) >= 11 is 0. The van der Waals surface area contributed by atoms with Crippen molar-refractivity contribution >= 4 is 19.8 Å². The molecule has 0 heterocycles. The summed E-state index contributed by atoms with van der Waals surface area (Å²) < 4.78 is 34.2. The van der Waals surface area contributed by atoms with Gasteiger partial charge >= 0.3 is 11.9 Å². The summed E-state index contributed by atoms with van der Waals surface area (Å²) in [6, 6.07) is 0. The zero-order chi connectivity index (χ0) is 54.9. The van der Waals surface area contributed by atoms with Gasteiger partial charge in [0.15, 0.2) is 6.10 Å². The lowest BCUT2D eigenvalue weighted by Crippen LogP contribution is -2.37. The van der Waals surface area contributed by atoms with Crippen LogP contribution in [-0.4, -0.2) is 70.0 Å². The van der Waals surface area contributed by atoms with E-state index in [1.807, 2.05) is 21.1 Å². The summed E-state index contributed by atoms with van der Waals surface area (Å²) in [6.07, 6.45) is 76.0. The number of rotatable bonds is 55. The van der Waals surface area contributed by atoms with Crippen LogP contribution in [0.25, 0.3) is 0 Å². The van der Waals surface area contributed by atoms with Gasteiger partial charge in [0.05, 0.1) is 27.7 Å². The third kappa shape index (κ3) is 60.0. The predicted octanol–water partition coefficient (Wildman–Crippen LogP) is 18.6. The van der Waals surface area contributed by atoms with E-state index < -0.39 is 26.5 Å². The third-order valence-electron chi connectivity index (χ3n) is 12.8. The van der Waals surface area contributed by atoms with Gasteiger partial charge in [0.25, 0.3) is 7.82 Å². The number of unbranched alkanes of at least 4 members (excludes halogenated alkanes) is 25. The summed E-state index contributed by atoms with van der Waals surface area (Å²) in [4.78, 5) is 37.9. The van der Waals surface area contributed by atoms with Crippen molar-refractivity contribution in [1.29, 1.82) is 0 Å². The topological polar surface area (TPSA) is 111 Å². The standard InChI is InChI=1S/C65H114NO8P/c1-6-8-10-12-14-16-18-20-22-24-26-27-28-29-30-31-32-33-34-35-36-37-38-39-40-42-44-46-48-50-52-54-56-58-65(68)74-63(62-73-75(69,70)72-60-59-66(3,4)5)61-71-64(67)57-55-53-51-49-47-45-43-41-25-23-21-19-17-15-13-11-9-7-2/h8,10,14,16,20,22-23,25-27,29-30,32-33,35-36,63H,6-7,9,11-13,15,17-19,21,24,28,31,34,37-62H2,1-5H3/b10-8-,16-14-,22-20-,25-23-,27-26-,30-29-,33-32-,36-35-. The van der Waals surface area contributed by atoms with E-state index in [2.05, 4.69) is 111 Å². The monoisotopic (exact) mass is 1070 g/mol. The first-order chi connectivity index (χ1) is 36.5. The van der Waals surface area contributed by atoms with E-state index in [1.165, 1.54) is 116 Å². The lowest BCUT2D eigenvalue weighted by molar-refractivity contribution is -0.870. The third-order valence-corrected chi connectivity index (χ3v) is 13.8. The number of phosphoric ester groups is 1. The molecule has 0 bridgehead atoms. The average Bonchev–Trinajstić information content (AvgIpc) is 3.37. The van der Waals surface area contributed by atoms with Crippen LogP contribution in [0, 0.1) is 0 Å². The number of esters is 2. The molecule has 0 rings (SSSR count). The fourth-order valence-corrected chi connectivity index (χ4v) is 8.89. The van der Waals surface area contributed by atoms with Crippen molar-refractivity contribution in [2.24, 2.45) is 0 Å². The molecule has 0 amide bonds. The van der Waals surface area contributed by atoms with Crippen LogP contribution in [0.15, 0.2) is 97.2 Å². The number of quaternary nitrogens is 1. The van der Waals surface area contributed by atoms with Gasteiger partial charge in [-0.3, -0.25) is 14.2 Å². The Hall–Kier alpha value is -3.07. The SMILES string of the molecule is CC/C=C\C/C=C\C/C=C\C/C=C\C/C=C\C/C=C\C/C=C\CCCCCCCCCCCCCC(=O)OC(COC(=O)CCCCCCCCC/C=C\CCCCCCCCC)COP(=O)([O-])OCC[N+](C)(C)C. The average molecular weight is 1070 g/mol. The molecule has 0 aliphatic heterocycles. The summed E-state index contributed by atoms with van der Waals surface area (Å²) in [7, 11) is 1.16. The minimum atomic E-state index is -4.64. The van der Waals surface area contributed by atoms with Crippen molar-refractivity contribution in [3.05, 3.63) is 97.2 Å². The number of hydrogen-bond acceptors (Lipinski definition) is 8. The van der Waals surface area contributed by atoms with E-state index in [0.717, 1.165) is 103 Å². The number of carbonyl (C=O) groups excluding carboxylic acids is 2. The first kappa shape index (κ1) is 71.9. The van der Waals surface area contributed by atoms with Gasteiger partial charge in [0, 0.05) is 12.8 Å². The maximum Gasteiger partial charge on any atom is 0.306 e. The molecule has 0 fully saturated rings. The Labute approximate surface area is 462 Å². The van der Waals surface area contributed by atoms with Crippen molar-refractivity contribution < 1.29 is 42.1 Å². The molecule has 0 aliphatic rings. The van der Waals surface area contributed by atoms with Crippen molar-refractivity contribution in [3.63, 3.8) is 0 Å². The van der Waals surface area contributed by atoms with Gasteiger partial charge in [-0.2, -0.15) is 0 Å². The Morgan fingerprint density at radius 2 is 0.760 bits per heavy atom. The quantitative estimate of drug-likeness (QED) is 0.0195. The fourth-order valence-electron chi connectivity index (χ4n) is 8.16. The second-order valence-electron chi connectivity index (χ2n) is 21.3. The molecule has 10 heteroatoms. The molecule has 2 atom stereocenters. The smallest absolute Gasteiger partial charge is 0.306 e. The number of carbonyl (C=O) groups is 2. The van der Waals surface area contributed by atoms with Crippen molar-refractivity contribution in [3.8, 4) is 0 Å². The Morgan fingerprint density at radius 1 is 0.427 bits per heavy atom. The molecule has 0 saturated heterocycles. The number of phosphoric acid groups is 1. The molecule has 0 aliphatic carbocycles. The summed E-state index contributed by atoms with van der Waals surface area (Å²) in [5.41, 5.74) is 0. The van der Waals surface area contributed by atoms with E-state index in [-0.39, 0.29) is 32.0 Å². The van der Waals surface area contributed by atoms with Crippen molar-refractivity contribution in [2.75, 3.05) is 47.5 Å². The molecule has 0 saturated carbocycles. The van der Waals surface area contributed by atoms with E-state index in [9.17, 15) is 19.0 Å². The van der Waals surface area contributed by atoms with Crippen LogP contribution in [0.1, 0.15) is 251 Å². The number of likely N-dealkylation sites (N-methyl/N-ethyl adjacent to an activating group) is 1. The van der Waals surface area contributed by atoms with Crippen LogP contribution >= 0.6 is 7.82 Å². The van der Waals surface area contributed by atoms with E-state index in [0.29, 0.717) is 17.4 Å².